The number of rotatable bonds is 2. The smallest absolute Gasteiger partial charge is 0.178 e. The largest absolute Gasteiger partial charge is 0.495 e. The number of hydrogen-bond acceptors (Lipinski definition) is 3. The van der Waals surface area contributed by atoms with Gasteiger partial charge in [0.15, 0.2) is 6.29 Å². The fourth-order valence-corrected chi connectivity index (χ4v) is 1.35. The van der Waals surface area contributed by atoms with E-state index >= 15 is 0 Å². The first kappa shape index (κ1) is 10.3. The molecule has 0 unspecified atom stereocenters. The quantitative estimate of drug-likeness (QED) is 0.717. The Balaban J connectivity index is 3.20. The van der Waals surface area contributed by atoms with Crippen LogP contribution in [0, 0.1) is 6.92 Å². The second-order valence-electron chi connectivity index (χ2n) is 2.72. The van der Waals surface area contributed by atoms with Crippen LogP contribution in [0.15, 0.2) is 12.1 Å². The van der Waals surface area contributed by atoms with Gasteiger partial charge in [-0.25, -0.2) is 0 Å². The average molecular weight is 203 g/mol. The SMILES string of the molecule is COc1cc(C)c(C(O)O)cc1Cl. The highest BCUT2D eigenvalue weighted by atomic mass is 35.5. The molecule has 0 aliphatic heterocycles. The summed E-state index contributed by atoms with van der Waals surface area (Å²) in [6, 6.07) is 3.15. The van der Waals surface area contributed by atoms with Gasteiger partial charge >= 0.3 is 0 Å². The normalized spacial score (nSPS) is 10.6. The topological polar surface area (TPSA) is 49.7 Å². The van der Waals surface area contributed by atoms with E-state index in [0.29, 0.717) is 16.3 Å². The van der Waals surface area contributed by atoms with Crippen molar-refractivity contribution in [3.63, 3.8) is 0 Å². The zero-order valence-electron chi connectivity index (χ0n) is 7.41. The molecule has 13 heavy (non-hydrogen) atoms. The van der Waals surface area contributed by atoms with Crippen LogP contribution in [-0.4, -0.2) is 17.3 Å². The summed E-state index contributed by atoms with van der Waals surface area (Å²) in [7, 11) is 1.51. The lowest BCUT2D eigenvalue weighted by atomic mass is 10.1. The Hall–Kier alpha value is -0.770. The van der Waals surface area contributed by atoms with Gasteiger partial charge in [-0.05, 0) is 24.6 Å². The number of ether oxygens (including phenoxy) is 1. The minimum absolute atomic E-state index is 0.371. The van der Waals surface area contributed by atoms with Crippen molar-refractivity contribution >= 4 is 11.6 Å². The Morgan fingerprint density at radius 3 is 2.46 bits per heavy atom. The zero-order chi connectivity index (χ0) is 10.0. The number of aliphatic hydroxyl groups is 2. The Morgan fingerprint density at radius 2 is 2.00 bits per heavy atom. The van der Waals surface area contributed by atoms with Gasteiger partial charge in [0, 0.05) is 5.56 Å². The molecule has 0 bridgehead atoms. The van der Waals surface area contributed by atoms with Crippen LogP contribution in [0.2, 0.25) is 5.02 Å². The molecule has 2 N–H and O–H groups in total. The lowest BCUT2D eigenvalue weighted by molar-refractivity contribution is -0.0429. The molecule has 4 heteroatoms. The van der Waals surface area contributed by atoms with Gasteiger partial charge in [0.25, 0.3) is 0 Å². The van der Waals surface area contributed by atoms with Gasteiger partial charge in [0.1, 0.15) is 5.75 Å². The molecule has 0 heterocycles. The van der Waals surface area contributed by atoms with Gasteiger partial charge in [-0.3, -0.25) is 0 Å². The van der Waals surface area contributed by atoms with Crippen molar-refractivity contribution < 1.29 is 14.9 Å². The van der Waals surface area contributed by atoms with Gasteiger partial charge in [-0.1, -0.05) is 11.6 Å². The van der Waals surface area contributed by atoms with Crippen LogP contribution in [-0.2, 0) is 0 Å². The number of halogens is 1. The summed E-state index contributed by atoms with van der Waals surface area (Å²) < 4.78 is 4.97. The average Bonchev–Trinajstić information content (AvgIpc) is 2.07. The zero-order valence-corrected chi connectivity index (χ0v) is 8.17. The molecule has 0 amide bonds. The van der Waals surface area contributed by atoms with Crippen LogP contribution in [0.25, 0.3) is 0 Å². The Kier molecular flexibility index (Phi) is 3.14. The van der Waals surface area contributed by atoms with Crippen molar-refractivity contribution in [2.75, 3.05) is 7.11 Å². The van der Waals surface area contributed by atoms with E-state index in [4.69, 9.17) is 26.6 Å². The maximum atomic E-state index is 8.95. The first-order valence-electron chi connectivity index (χ1n) is 3.76. The Morgan fingerprint density at radius 1 is 1.38 bits per heavy atom. The van der Waals surface area contributed by atoms with Crippen molar-refractivity contribution in [2.45, 2.75) is 13.2 Å². The summed E-state index contributed by atoms with van der Waals surface area (Å²) in [5.74, 6) is 0.531. The number of hydrogen-bond donors (Lipinski definition) is 2. The Labute approximate surface area is 81.5 Å². The minimum atomic E-state index is -1.50. The fraction of sp³-hybridized carbons (Fsp3) is 0.333. The lowest BCUT2D eigenvalue weighted by Crippen LogP contribution is -1.99. The molecule has 1 aromatic rings. The maximum absolute atomic E-state index is 8.95. The predicted molar refractivity (Wildman–Crippen MR) is 49.9 cm³/mol. The molecule has 0 saturated carbocycles. The third-order valence-electron chi connectivity index (χ3n) is 1.82. The van der Waals surface area contributed by atoms with Crippen LogP contribution in [0.4, 0.5) is 0 Å². The van der Waals surface area contributed by atoms with Crippen molar-refractivity contribution in [3.8, 4) is 5.75 Å². The molecule has 0 aliphatic carbocycles. The van der Waals surface area contributed by atoms with E-state index in [0.717, 1.165) is 5.56 Å². The van der Waals surface area contributed by atoms with Crippen molar-refractivity contribution in [1.82, 2.24) is 0 Å². The molecule has 72 valence electrons. The van der Waals surface area contributed by atoms with E-state index < -0.39 is 6.29 Å². The lowest BCUT2D eigenvalue weighted by Gasteiger charge is -2.11. The molecule has 0 radical (unpaired) electrons. The van der Waals surface area contributed by atoms with E-state index in [1.807, 2.05) is 0 Å². The number of aliphatic hydroxyl groups excluding tert-OH is 1. The van der Waals surface area contributed by atoms with Gasteiger partial charge in [0.05, 0.1) is 12.1 Å². The molecular weight excluding hydrogens is 192 g/mol. The third-order valence-corrected chi connectivity index (χ3v) is 2.11. The fourth-order valence-electron chi connectivity index (χ4n) is 1.11. The van der Waals surface area contributed by atoms with Crippen LogP contribution in [0.1, 0.15) is 17.4 Å². The van der Waals surface area contributed by atoms with Crippen LogP contribution in [0.5, 0.6) is 5.75 Å². The molecule has 0 aromatic heterocycles. The number of aryl methyl sites for hydroxylation is 1. The van der Waals surface area contributed by atoms with Crippen LogP contribution >= 0.6 is 11.6 Å². The standard InChI is InChI=1S/C9H11ClO3/c1-5-3-8(13-2)7(10)4-6(5)9(11)12/h3-4,9,11-12H,1-2H3. The van der Waals surface area contributed by atoms with Crippen LogP contribution < -0.4 is 4.74 Å². The second kappa shape index (κ2) is 3.96. The molecule has 0 aliphatic rings. The Bertz CT molecular complexity index is 310. The first-order chi connectivity index (χ1) is 6.06. The summed E-state index contributed by atoms with van der Waals surface area (Å²) >= 11 is 5.80. The van der Waals surface area contributed by atoms with Gasteiger partial charge in [0.2, 0.25) is 0 Å². The highest BCUT2D eigenvalue weighted by molar-refractivity contribution is 6.32. The summed E-state index contributed by atoms with van der Waals surface area (Å²) in [4.78, 5) is 0. The van der Waals surface area contributed by atoms with Crippen LogP contribution in [0.3, 0.4) is 0 Å². The summed E-state index contributed by atoms with van der Waals surface area (Å²) in [6.07, 6.45) is -1.50. The highest BCUT2D eigenvalue weighted by Crippen LogP contribution is 2.29. The first-order valence-corrected chi connectivity index (χ1v) is 4.14. The minimum Gasteiger partial charge on any atom is -0.495 e. The number of benzene rings is 1. The molecule has 0 saturated heterocycles. The maximum Gasteiger partial charge on any atom is 0.178 e. The van der Waals surface area contributed by atoms with Crippen molar-refractivity contribution in [2.24, 2.45) is 0 Å². The highest BCUT2D eigenvalue weighted by Gasteiger charge is 2.10. The molecule has 0 fully saturated rings. The van der Waals surface area contributed by atoms with E-state index in [-0.39, 0.29) is 0 Å². The molecular formula is C9H11ClO3. The van der Waals surface area contributed by atoms with E-state index in [1.165, 1.54) is 13.2 Å². The van der Waals surface area contributed by atoms with Crippen molar-refractivity contribution in [1.29, 1.82) is 0 Å². The van der Waals surface area contributed by atoms with E-state index in [2.05, 4.69) is 0 Å². The summed E-state index contributed by atoms with van der Waals surface area (Å²) in [5, 5.41) is 18.3. The number of methoxy groups -OCH3 is 1. The monoisotopic (exact) mass is 202 g/mol. The summed E-state index contributed by atoms with van der Waals surface area (Å²) in [6.45, 7) is 1.76. The molecule has 3 nitrogen and oxygen atoms in total. The predicted octanol–water partition coefficient (Wildman–Crippen LogP) is 1.64. The second-order valence-corrected chi connectivity index (χ2v) is 3.12. The van der Waals surface area contributed by atoms with Gasteiger partial charge in [-0.15, -0.1) is 0 Å². The molecule has 1 aromatic carbocycles. The van der Waals surface area contributed by atoms with E-state index in [1.54, 1.807) is 13.0 Å². The van der Waals surface area contributed by atoms with E-state index in [9.17, 15) is 0 Å². The van der Waals surface area contributed by atoms with Gasteiger partial charge in [-0.2, -0.15) is 0 Å². The third kappa shape index (κ3) is 2.12. The van der Waals surface area contributed by atoms with Crippen molar-refractivity contribution in [3.05, 3.63) is 28.3 Å². The summed E-state index contributed by atoms with van der Waals surface area (Å²) in [5.41, 5.74) is 1.13. The molecule has 0 spiro atoms. The van der Waals surface area contributed by atoms with Gasteiger partial charge < -0.3 is 14.9 Å². The molecule has 0 atom stereocenters. The molecule has 1 rings (SSSR count).